The Bertz CT molecular complexity index is 1230. The van der Waals surface area contributed by atoms with E-state index >= 15 is 0 Å². The number of hydrogen-bond donors (Lipinski definition) is 0. The number of ether oxygens (including phenoxy) is 3. The van der Waals surface area contributed by atoms with Gasteiger partial charge in [0.1, 0.15) is 11.8 Å². The number of carbonyl (C=O) groups is 1. The van der Waals surface area contributed by atoms with Gasteiger partial charge in [-0.3, -0.25) is 19.8 Å². The lowest BCUT2D eigenvalue weighted by Crippen LogP contribution is -2.61. The van der Waals surface area contributed by atoms with Crippen LogP contribution in [-0.4, -0.2) is 31.2 Å². The molecule has 0 unspecified atom stereocenters. The lowest BCUT2D eigenvalue weighted by molar-refractivity contribution is -0.384. The number of aryl methyl sites for hydroxylation is 1. The standard InChI is InChI=1S/C24H21ClN2O6/c1-14-11-16(25)8-10-19(14)33-23-22(15-7-9-20(31-2)21(12-15)32-3)26(24(23)28)17-5-4-6-18(13-17)27(29)30/h4-13,22-23H,1-3H3/t22-,23-/m1/s1. The van der Waals surface area contributed by atoms with E-state index in [0.29, 0.717) is 28.0 Å². The second kappa shape index (κ2) is 8.99. The van der Waals surface area contributed by atoms with Crippen molar-refractivity contribution in [3.05, 3.63) is 86.9 Å². The van der Waals surface area contributed by atoms with Gasteiger partial charge in [0.15, 0.2) is 11.5 Å². The highest BCUT2D eigenvalue weighted by molar-refractivity contribution is 6.30. The summed E-state index contributed by atoms with van der Waals surface area (Å²) < 4.78 is 16.9. The maximum atomic E-state index is 13.2. The maximum Gasteiger partial charge on any atom is 0.271 e. The predicted molar refractivity (Wildman–Crippen MR) is 123 cm³/mol. The summed E-state index contributed by atoms with van der Waals surface area (Å²) in [7, 11) is 3.06. The van der Waals surface area contributed by atoms with Crippen LogP contribution in [0.25, 0.3) is 0 Å². The second-order valence-electron chi connectivity index (χ2n) is 7.49. The van der Waals surface area contributed by atoms with Gasteiger partial charge in [0.25, 0.3) is 11.6 Å². The number of nitro benzene ring substituents is 1. The number of β-lactam (4-membered cyclic amide) rings is 1. The van der Waals surface area contributed by atoms with Crippen molar-refractivity contribution in [2.45, 2.75) is 19.1 Å². The number of nitrogens with zero attached hydrogens (tertiary/aromatic N) is 2. The minimum absolute atomic E-state index is 0.107. The lowest BCUT2D eigenvalue weighted by atomic mass is 9.89. The number of methoxy groups -OCH3 is 2. The SMILES string of the molecule is COc1ccc([C@@H]2[C@@H](Oc3ccc(Cl)cc3C)C(=O)N2c2cccc([N+](=O)[O-])c2)cc1OC. The summed E-state index contributed by atoms with van der Waals surface area (Å²) in [5, 5.41) is 11.8. The van der Waals surface area contributed by atoms with Gasteiger partial charge in [0.2, 0.25) is 6.10 Å². The average molecular weight is 469 g/mol. The van der Waals surface area contributed by atoms with E-state index in [0.717, 1.165) is 11.1 Å². The fourth-order valence-electron chi connectivity index (χ4n) is 3.86. The van der Waals surface area contributed by atoms with Crippen LogP contribution >= 0.6 is 11.6 Å². The van der Waals surface area contributed by atoms with Crippen LogP contribution in [0.15, 0.2) is 60.7 Å². The predicted octanol–water partition coefficient (Wildman–Crippen LogP) is 5.11. The molecule has 2 atom stereocenters. The lowest BCUT2D eigenvalue weighted by Gasteiger charge is -2.46. The molecule has 0 bridgehead atoms. The van der Waals surface area contributed by atoms with Gasteiger partial charge in [0.05, 0.1) is 24.8 Å². The summed E-state index contributed by atoms with van der Waals surface area (Å²) in [4.78, 5) is 25.5. The van der Waals surface area contributed by atoms with Crippen molar-refractivity contribution < 1.29 is 23.9 Å². The van der Waals surface area contributed by atoms with Crippen LogP contribution in [0.5, 0.6) is 17.2 Å². The summed E-state index contributed by atoms with van der Waals surface area (Å²) in [5.74, 6) is 1.25. The van der Waals surface area contributed by atoms with E-state index in [-0.39, 0.29) is 11.6 Å². The van der Waals surface area contributed by atoms with Crippen LogP contribution in [-0.2, 0) is 4.79 Å². The van der Waals surface area contributed by atoms with Crippen LogP contribution in [0.2, 0.25) is 5.02 Å². The first-order chi connectivity index (χ1) is 15.8. The Labute approximate surface area is 195 Å². The molecule has 0 radical (unpaired) electrons. The van der Waals surface area contributed by atoms with Crippen molar-refractivity contribution in [3.8, 4) is 17.2 Å². The van der Waals surface area contributed by atoms with Crippen molar-refractivity contribution in [2.24, 2.45) is 0 Å². The molecule has 3 aromatic rings. The highest BCUT2D eigenvalue weighted by Crippen LogP contribution is 2.44. The smallest absolute Gasteiger partial charge is 0.271 e. The van der Waals surface area contributed by atoms with E-state index in [9.17, 15) is 14.9 Å². The van der Waals surface area contributed by atoms with Gasteiger partial charge in [-0.05, 0) is 54.4 Å². The molecule has 0 spiro atoms. The van der Waals surface area contributed by atoms with Gasteiger partial charge in [-0.25, -0.2) is 0 Å². The summed E-state index contributed by atoms with van der Waals surface area (Å²) >= 11 is 6.05. The number of nitro groups is 1. The van der Waals surface area contributed by atoms with Gasteiger partial charge in [-0.15, -0.1) is 0 Å². The summed E-state index contributed by atoms with van der Waals surface area (Å²) in [5.41, 5.74) is 1.82. The van der Waals surface area contributed by atoms with Crippen molar-refractivity contribution >= 4 is 28.9 Å². The Kier molecular flexibility index (Phi) is 6.11. The minimum atomic E-state index is -0.845. The number of rotatable bonds is 7. The maximum absolute atomic E-state index is 13.2. The van der Waals surface area contributed by atoms with Crippen molar-refractivity contribution in [3.63, 3.8) is 0 Å². The van der Waals surface area contributed by atoms with Crippen LogP contribution in [0, 0.1) is 17.0 Å². The molecule has 1 aliphatic rings. The molecule has 0 aliphatic carbocycles. The summed E-state index contributed by atoms with van der Waals surface area (Å²) in [6.07, 6.45) is -0.845. The topological polar surface area (TPSA) is 91.1 Å². The molecule has 1 aliphatic heterocycles. The quantitative estimate of drug-likeness (QED) is 0.272. The van der Waals surface area contributed by atoms with Crippen LogP contribution < -0.4 is 19.1 Å². The van der Waals surface area contributed by atoms with Gasteiger partial charge < -0.3 is 14.2 Å². The molecular weight excluding hydrogens is 448 g/mol. The van der Waals surface area contributed by atoms with Crippen molar-refractivity contribution in [2.75, 3.05) is 19.1 Å². The molecule has 0 saturated carbocycles. The molecule has 1 saturated heterocycles. The first-order valence-corrected chi connectivity index (χ1v) is 10.4. The third-order valence-corrected chi connectivity index (χ3v) is 5.74. The van der Waals surface area contributed by atoms with Crippen LogP contribution in [0.1, 0.15) is 17.2 Å². The third-order valence-electron chi connectivity index (χ3n) is 5.50. The molecule has 1 fully saturated rings. The molecular formula is C24H21ClN2O6. The molecule has 0 N–H and O–H groups in total. The Hall–Kier alpha value is -3.78. The molecule has 8 nitrogen and oxygen atoms in total. The van der Waals surface area contributed by atoms with Gasteiger partial charge in [-0.2, -0.15) is 0 Å². The van der Waals surface area contributed by atoms with Crippen molar-refractivity contribution in [1.82, 2.24) is 0 Å². The first kappa shape index (κ1) is 22.4. The molecule has 1 amide bonds. The minimum Gasteiger partial charge on any atom is -0.493 e. The van der Waals surface area contributed by atoms with E-state index in [2.05, 4.69) is 0 Å². The van der Waals surface area contributed by atoms with Crippen molar-refractivity contribution in [1.29, 1.82) is 0 Å². The number of non-ortho nitro benzene ring substituents is 1. The number of hydrogen-bond acceptors (Lipinski definition) is 6. The molecule has 0 aromatic heterocycles. The normalized spacial score (nSPS) is 17.3. The Balaban J connectivity index is 1.76. The van der Waals surface area contributed by atoms with Gasteiger partial charge >= 0.3 is 0 Å². The zero-order valence-corrected chi connectivity index (χ0v) is 18.9. The zero-order valence-electron chi connectivity index (χ0n) is 18.2. The van der Waals surface area contributed by atoms with E-state index < -0.39 is 17.1 Å². The fourth-order valence-corrected chi connectivity index (χ4v) is 4.09. The third kappa shape index (κ3) is 4.17. The van der Waals surface area contributed by atoms with E-state index in [1.807, 2.05) is 13.0 Å². The number of carbonyl (C=O) groups excluding carboxylic acids is 1. The largest absolute Gasteiger partial charge is 0.493 e. The Morgan fingerprint density at radius 2 is 1.70 bits per heavy atom. The molecule has 9 heteroatoms. The van der Waals surface area contributed by atoms with E-state index in [1.165, 1.54) is 31.3 Å². The van der Waals surface area contributed by atoms with Gasteiger partial charge in [-0.1, -0.05) is 23.7 Å². The van der Waals surface area contributed by atoms with Gasteiger partial charge in [0, 0.05) is 17.2 Å². The number of halogens is 1. The highest BCUT2D eigenvalue weighted by atomic mass is 35.5. The Morgan fingerprint density at radius 1 is 0.970 bits per heavy atom. The highest BCUT2D eigenvalue weighted by Gasteiger charge is 2.51. The molecule has 4 rings (SSSR count). The van der Waals surface area contributed by atoms with E-state index in [1.54, 1.807) is 42.5 Å². The average Bonchev–Trinajstić information content (AvgIpc) is 2.81. The summed E-state index contributed by atoms with van der Waals surface area (Å²) in [6.45, 7) is 1.84. The molecule has 33 heavy (non-hydrogen) atoms. The zero-order chi connectivity index (χ0) is 23.7. The molecule has 1 heterocycles. The summed E-state index contributed by atoms with van der Waals surface area (Å²) in [6, 6.07) is 15.9. The second-order valence-corrected chi connectivity index (χ2v) is 7.93. The van der Waals surface area contributed by atoms with Crippen LogP contribution in [0.3, 0.4) is 0 Å². The molecule has 3 aromatic carbocycles. The fraction of sp³-hybridized carbons (Fsp3) is 0.208. The number of amides is 1. The van der Waals surface area contributed by atoms with Crippen LogP contribution in [0.4, 0.5) is 11.4 Å². The number of benzene rings is 3. The first-order valence-electron chi connectivity index (χ1n) is 10.1. The van der Waals surface area contributed by atoms with E-state index in [4.69, 9.17) is 25.8 Å². The Morgan fingerprint density at radius 3 is 2.36 bits per heavy atom. The number of anilines is 1. The molecule has 170 valence electrons. The monoisotopic (exact) mass is 468 g/mol.